The van der Waals surface area contributed by atoms with Gasteiger partial charge in [-0.25, -0.2) is 10.4 Å². The summed E-state index contributed by atoms with van der Waals surface area (Å²) in [4.78, 5) is 17.0. The Balaban J connectivity index is 1.46. The lowest BCUT2D eigenvalue weighted by molar-refractivity contribution is -0.118. The van der Waals surface area contributed by atoms with E-state index >= 15 is 0 Å². The van der Waals surface area contributed by atoms with E-state index in [1.807, 2.05) is 36.4 Å². The molecule has 0 unspecified atom stereocenters. The normalized spacial score (nSPS) is 11.3. The highest BCUT2D eigenvalue weighted by atomic mass is 35.5. The Morgan fingerprint density at radius 2 is 1.84 bits per heavy atom. The minimum absolute atomic E-state index is 0.205. The van der Waals surface area contributed by atoms with Crippen molar-refractivity contribution >= 4 is 46.5 Å². The summed E-state index contributed by atoms with van der Waals surface area (Å²) in [6.45, 7) is 2.76. The second-order valence-electron chi connectivity index (χ2n) is 7.06. The largest absolute Gasteiger partial charge is 0.314 e. The molecule has 0 saturated carbocycles. The van der Waals surface area contributed by atoms with Crippen LogP contribution >= 0.6 is 23.4 Å². The van der Waals surface area contributed by atoms with Gasteiger partial charge in [-0.2, -0.15) is 5.10 Å². The molecule has 0 atom stereocenters. The smallest absolute Gasteiger partial charge is 0.250 e. The third kappa shape index (κ3) is 5.34. The van der Waals surface area contributed by atoms with Crippen molar-refractivity contribution in [3.8, 4) is 0 Å². The van der Waals surface area contributed by atoms with Crippen molar-refractivity contribution in [2.75, 3.05) is 5.75 Å². The third-order valence-electron chi connectivity index (χ3n) is 4.71. The topological polar surface area (TPSA) is 59.3 Å². The fraction of sp³-hybridized carbons (Fsp3) is 0.125. The second kappa shape index (κ2) is 9.81. The molecule has 0 radical (unpaired) electrons. The number of hydrogen-bond donors (Lipinski definition) is 1. The lowest BCUT2D eigenvalue weighted by atomic mass is 10.1. The van der Waals surface area contributed by atoms with E-state index in [9.17, 15) is 4.79 Å². The predicted octanol–water partition coefficient (Wildman–Crippen LogP) is 5.29. The van der Waals surface area contributed by atoms with Crippen LogP contribution in [0.1, 0.15) is 16.7 Å². The Kier molecular flexibility index (Phi) is 6.70. The molecule has 1 N–H and O–H groups in total. The number of benzene rings is 3. The monoisotopic (exact) mass is 448 g/mol. The van der Waals surface area contributed by atoms with Crippen LogP contribution in [0.2, 0.25) is 5.02 Å². The maximum atomic E-state index is 12.3. The minimum Gasteiger partial charge on any atom is -0.314 e. The van der Waals surface area contributed by atoms with E-state index in [-0.39, 0.29) is 11.7 Å². The SMILES string of the molecule is Cc1ccc(Cn2c(SCC(=O)NN=Cc3ccccc3Cl)nc3ccccc32)cc1. The molecular weight excluding hydrogens is 428 g/mol. The van der Waals surface area contributed by atoms with Crippen LogP contribution in [0.3, 0.4) is 0 Å². The molecule has 0 bridgehead atoms. The summed E-state index contributed by atoms with van der Waals surface area (Å²) in [6, 6.07) is 23.8. The van der Waals surface area contributed by atoms with E-state index in [2.05, 4.69) is 52.3 Å². The molecule has 0 spiro atoms. The quantitative estimate of drug-likeness (QED) is 0.237. The van der Waals surface area contributed by atoms with E-state index in [1.54, 1.807) is 6.07 Å². The van der Waals surface area contributed by atoms with Crippen LogP contribution in [0.4, 0.5) is 0 Å². The average Bonchev–Trinajstić information content (AvgIpc) is 3.12. The molecule has 156 valence electrons. The number of aromatic nitrogens is 2. The Morgan fingerprint density at radius 3 is 2.65 bits per heavy atom. The summed E-state index contributed by atoms with van der Waals surface area (Å²) in [7, 11) is 0. The van der Waals surface area contributed by atoms with Crippen LogP contribution in [-0.2, 0) is 11.3 Å². The minimum atomic E-state index is -0.206. The third-order valence-corrected chi connectivity index (χ3v) is 6.03. The highest BCUT2D eigenvalue weighted by molar-refractivity contribution is 7.99. The molecule has 7 heteroatoms. The van der Waals surface area contributed by atoms with Gasteiger partial charge in [0, 0.05) is 10.6 Å². The molecule has 1 heterocycles. The Hall–Kier alpha value is -3.09. The van der Waals surface area contributed by atoms with Gasteiger partial charge in [0.25, 0.3) is 5.91 Å². The number of carbonyl (C=O) groups excluding carboxylic acids is 1. The maximum absolute atomic E-state index is 12.3. The number of nitrogens with zero attached hydrogens (tertiary/aromatic N) is 3. The zero-order chi connectivity index (χ0) is 21.6. The molecule has 5 nitrogen and oxygen atoms in total. The number of para-hydroxylation sites is 2. The number of carbonyl (C=O) groups is 1. The predicted molar refractivity (Wildman–Crippen MR) is 128 cm³/mol. The van der Waals surface area contributed by atoms with Gasteiger partial charge in [0.1, 0.15) is 0 Å². The lowest BCUT2D eigenvalue weighted by Gasteiger charge is -2.09. The molecule has 1 aromatic heterocycles. The Morgan fingerprint density at radius 1 is 1.10 bits per heavy atom. The number of halogens is 1. The van der Waals surface area contributed by atoms with Crippen LogP contribution in [0.25, 0.3) is 11.0 Å². The van der Waals surface area contributed by atoms with E-state index in [0.717, 1.165) is 21.8 Å². The second-order valence-corrected chi connectivity index (χ2v) is 8.41. The molecule has 0 saturated heterocycles. The molecule has 3 aromatic carbocycles. The maximum Gasteiger partial charge on any atom is 0.250 e. The summed E-state index contributed by atoms with van der Waals surface area (Å²) in [6.07, 6.45) is 1.54. The number of imidazole rings is 1. The Labute approximate surface area is 190 Å². The fourth-order valence-corrected chi connectivity index (χ4v) is 4.10. The van der Waals surface area contributed by atoms with E-state index < -0.39 is 0 Å². The molecule has 0 aliphatic heterocycles. The first-order valence-corrected chi connectivity index (χ1v) is 11.2. The molecule has 0 fully saturated rings. The van der Waals surface area contributed by atoms with Crippen LogP contribution in [0, 0.1) is 6.92 Å². The number of aryl methyl sites for hydroxylation is 1. The highest BCUT2D eigenvalue weighted by Gasteiger charge is 2.13. The number of rotatable bonds is 7. The first kappa shape index (κ1) is 21.2. The fourth-order valence-electron chi connectivity index (χ4n) is 3.11. The number of amides is 1. The molecule has 31 heavy (non-hydrogen) atoms. The van der Waals surface area contributed by atoms with Crippen LogP contribution < -0.4 is 5.43 Å². The standard InChI is InChI=1S/C24H21ClN4OS/c1-17-10-12-18(13-11-17)15-29-22-9-5-4-8-21(22)27-24(29)31-16-23(30)28-26-14-19-6-2-3-7-20(19)25/h2-14H,15-16H2,1H3,(H,28,30). The summed E-state index contributed by atoms with van der Waals surface area (Å²) < 4.78 is 2.14. The van der Waals surface area contributed by atoms with Gasteiger partial charge < -0.3 is 4.57 Å². The van der Waals surface area contributed by atoms with Gasteiger partial charge in [-0.15, -0.1) is 0 Å². The van der Waals surface area contributed by atoms with Gasteiger partial charge in [-0.05, 0) is 30.7 Å². The van der Waals surface area contributed by atoms with Gasteiger partial charge in [0.05, 0.1) is 29.5 Å². The molecule has 0 aliphatic rings. The number of nitrogens with one attached hydrogen (secondary N) is 1. The number of fused-ring (bicyclic) bond motifs is 1. The first-order valence-electron chi connectivity index (χ1n) is 9.80. The van der Waals surface area contributed by atoms with Crippen molar-refractivity contribution in [3.63, 3.8) is 0 Å². The molecular formula is C24H21ClN4OS. The zero-order valence-corrected chi connectivity index (χ0v) is 18.5. The summed E-state index contributed by atoms with van der Waals surface area (Å²) >= 11 is 7.49. The number of thioether (sulfide) groups is 1. The molecule has 4 rings (SSSR count). The van der Waals surface area contributed by atoms with Crippen molar-refractivity contribution < 1.29 is 4.79 Å². The van der Waals surface area contributed by atoms with Crippen molar-refractivity contribution in [1.29, 1.82) is 0 Å². The van der Waals surface area contributed by atoms with Gasteiger partial charge in [0.15, 0.2) is 5.16 Å². The van der Waals surface area contributed by atoms with Gasteiger partial charge >= 0.3 is 0 Å². The van der Waals surface area contributed by atoms with Gasteiger partial charge in [-0.3, -0.25) is 4.79 Å². The van der Waals surface area contributed by atoms with Crippen LogP contribution in [-0.4, -0.2) is 27.4 Å². The van der Waals surface area contributed by atoms with E-state index in [0.29, 0.717) is 11.6 Å². The number of hydrazone groups is 1. The molecule has 4 aromatic rings. The van der Waals surface area contributed by atoms with Crippen molar-refractivity contribution in [2.24, 2.45) is 5.10 Å². The van der Waals surface area contributed by atoms with E-state index in [4.69, 9.17) is 16.6 Å². The van der Waals surface area contributed by atoms with Crippen LogP contribution in [0.5, 0.6) is 0 Å². The lowest BCUT2D eigenvalue weighted by Crippen LogP contribution is -2.20. The van der Waals surface area contributed by atoms with Gasteiger partial charge in [0.2, 0.25) is 0 Å². The summed E-state index contributed by atoms with van der Waals surface area (Å²) in [5.74, 6) is -0.000816. The Bertz CT molecular complexity index is 1230. The average molecular weight is 449 g/mol. The van der Waals surface area contributed by atoms with Gasteiger partial charge in [-0.1, -0.05) is 83.5 Å². The van der Waals surface area contributed by atoms with E-state index in [1.165, 1.54) is 29.1 Å². The summed E-state index contributed by atoms with van der Waals surface area (Å²) in [5.41, 5.74) is 7.66. The van der Waals surface area contributed by atoms with Crippen molar-refractivity contribution in [3.05, 3.63) is 94.5 Å². The highest BCUT2D eigenvalue weighted by Crippen LogP contribution is 2.25. The number of hydrogen-bond acceptors (Lipinski definition) is 4. The van der Waals surface area contributed by atoms with Crippen molar-refractivity contribution in [2.45, 2.75) is 18.6 Å². The van der Waals surface area contributed by atoms with Crippen LogP contribution in [0.15, 0.2) is 83.1 Å². The zero-order valence-electron chi connectivity index (χ0n) is 17.0. The molecule has 1 amide bonds. The first-order chi connectivity index (χ1) is 15.1. The van der Waals surface area contributed by atoms with Crippen molar-refractivity contribution in [1.82, 2.24) is 15.0 Å². The summed E-state index contributed by atoms with van der Waals surface area (Å²) in [5, 5.41) is 5.39. The molecule has 0 aliphatic carbocycles.